The number of hydrogen-bond donors (Lipinski definition) is 1. The number of aliphatic hydroxyl groups is 1. The maximum absolute atomic E-state index is 12.9. The first-order valence-electron chi connectivity index (χ1n) is 9.96. The monoisotopic (exact) mass is 452 g/mol. The maximum atomic E-state index is 12.9. The van der Waals surface area contributed by atoms with Gasteiger partial charge in [0.2, 0.25) is 0 Å². The van der Waals surface area contributed by atoms with Gasteiger partial charge in [-0.2, -0.15) is 8.42 Å². The van der Waals surface area contributed by atoms with E-state index in [1.807, 2.05) is 37.3 Å². The summed E-state index contributed by atoms with van der Waals surface area (Å²) in [6, 6.07) is 15.5. The van der Waals surface area contributed by atoms with Crippen LogP contribution in [0.1, 0.15) is 24.3 Å². The lowest BCUT2D eigenvalue weighted by Crippen LogP contribution is -2.50. The molecule has 0 amide bonds. The highest BCUT2D eigenvalue weighted by Gasteiger charge is 2.40. The maximum Gasteiger partial charge on any atom is 0.297 e. The lowest BCUT2D eigenvalue weighted by atomic mass is 10.1. The molecule has 0 aromatic heterocycles. The van der Waals surface area contributed by atoms with Crippen molar-refractivity contribution in [1.29, 1.82) is 0 Å². The van der Waals surface area contributed by atoms with Crippen LogP contribution in [-0.4, -0.2) is 58.4 Å². The fourth-order valence-corrected chi connectivity index (χ4v) is 4.23. The average molecular weight is 453 g/mol. The van der Waals surface area contributed by atoms with E-state index in [9.17, 15) is 13.5 Å². The third-order valence-electron chi connectivity index (χ3n) is 4.91. The lowest BCUT2D eigenvalue weighted by molar-refractivity contribution is -0.259. The Morgan fingerprint density at radius 1 is 1.00 bits per heavy atom. The van der Waals surface area contributed by atoms with Gasteiger partial charge in [-0.25, -0.2) is 0 Å². The fraction of sp³-hybridized carbons (Fsp3) is 0.455. The highest BCUT2D eigenvalue weighted by molar-refractivity contribution is 7.86. The first-order valence-corrected chi connectivity index (χ1v) is 11.4. The SMILES string of the molecule is COC1OCCOC(c2ccccc2)OC(C)C(O)C1OS(=O)(=O)c1ccc(C)cc1. The van der Waals surface area contributed by atoms with E-state index in [0.29, 0.717) is 0 Å². The summed E-state index contributed by atoms with van der Waals surface area (Å²) in [7, 11) is -2.85. The van der Waals surface area contributed by atoms with E-state index in [4.69, 9.17) is 23.1 Å². The van der Waals surface area contributed by atoms with Gasteiger partial charge < -0.3 is 24.1 Å². The summed E-state index contributed by atoms with van der Waals surface area (Å²) in [5.41, 5.74) is 1.67. The Labute approximate surface area is 182 Å². The predicted molar refractivity (Wildman–Crippen MR) is 112 cm³/mol. The van der Waals surface area contributed by atoms with Gasteiger partial charge in [-0.15, -0.1) is 0 Å². The third-order valence-corrected chi connectivity index (χ3v) is 6.24. The van der Waals surface area contributed by atoms with Crippen LogP contribution in [0.4, 0.5) is 0 Å². The average Bonchev–Trinajstić information content (AvgIpc) is 2.77. The second-order valence-electron chi connectivity index (χ2n) is 7.25. The molecule has 5 unspecified atom stereocenters. The van der Waals surface area contributed by atoms with Gasteiger partial charge in [0.25, 0.3) is 10.1 Å². The Morgan fingerprint density at radius 3 is 2.29 bits per heavy atom. The molecule has 31 heavy (non-hydrogen) atoms. The molecule has 9 heteroatoms. The molecular weight excluding hydrogens is 424 g/mol. The van der Waals surface area contributed by atoms with Gasteiger partial charge in [-0.05, 0) is 26.0 Å². The topological polar surface area (TPSA) is 101 Å². The Kier molecular flexibility index (Phi) is 8.17. The zero-order chi connectivity index (χ0) is 22.4. The molecule has 2 aromatic carbocycles. The summed E-state index contributed by atoms with van der Waals surface area (Å²) >= 11 is 0. The summed E-state index contributed by atoms with van der Waals surface area (Å²) in [6.45, 7) is 3.70. The minimum Gasteiger partial charge on any atom is -0.387 e. The molecule has 3 rings (SSSR count). The summed E-state index contributed by atoms with van der Waals surface area (Å²) in [5.74, 6) is 0. The van der Waals surface area contributed by atoms with Gasteiger partial charge in [-0.3, -0.25) is 4.18 Å². The van der Waals surface area contributed by atoms with Crippen LogP contribution >= 0.6 is 0 Å². The quantitative estimate of drug-likeness (QED) is 0.691. The second-order valence-corrected chi connectivity index (χ2v) is 8.82. The molecule has 0 bridgehead atoms. The van der Waals surface area contributed by atoms with E-state index in [1.54, 1.807) is 19.1 Å². The fourth-order valence-electron chi connectivity index (χ4n) is 3.15. The Balaban J connectivity index is 1.85. The van der Waals surface area contributed by atoms with Gasteiger partial charge in [0, 0.05) is 12.7 Å². The van der Waals surface area contributed by atoms with E-state index in [0.717, 1.165) is 11.1 Å². The number of aryl methyl sites for hydroxylation is 1. The zero-order valence-electron chi connectivity index (χ0n) is 17.7. The van der Waals surface area contributed by atoms with Crippen molar-refractivity contribution in [3.05, 3.63) is 65.7 Å². The molecule has 5 atom stereocenters. The van der Waals surface area contributed by atoms with E-state index in [2.05, 4.69) is 0 Å². The number of ether oxygens (including phenoxy) is 4. The van der Waals surface area contributed by atoms with Gasteiger partial charge in [0.15, 0.2) is 18.7 Å². The largest absolute Gasteiger partial charge is 0.387 e. The third kappa shape index (κ3) is 6.11. The molecule has 8 nitrogen and oxygen atoms in total. The molecule has 0 radical (unpaired) electrons. The molecule has 0 saturated carbocycles. The van der Waals surface area contributed by atoms with E-state index >= 15 is 0 Å². The Bertz CT molecular complexity index is 916. The zero-order valence-corrected chi connectivity index (χ0v) is 18.5. The Hall–Kier alpha value is -1.85. The summed E-state index contributed by atoms with van der Waals surface area (Å²) in [4.78, 5) is -0.0312. The van der Waals surface area contributed by atoms with E-state index in [-0.39, 0.29) is 18.1 Å². The standard InChI is InChI=1S/C22H28O8S/c1-15-9-11-18(12-10-15)31(24,25)30-20-19(23)16(2)29-21(17-7-5-4-6-8-17)27-13-14-28-22(20)26-3/h4-12,16,19-23H,13-14H2,1-3H3. The van der Waals surface area contributed by atoms with Gasteiger partial charge in [-0.1, -0.05) is 48.0 Å². The van der Waals surface area contributed by atoms with E-state index in [1.165, 1.54) is 19.2 Å². The van der Waals surface area contributed by atoms with Crippen molar-refractivity contribution >= 4 is 10.1 Å². The van der Waals surface area contributed by atoms with Crippen LogP contribution in [0, 0.1) is 6.92 Å². The van der Waals surface area contributed by atoms with Crippen molar-refractivity contribution < 1.29 is 36.7 Å². The highest BCUT2D eigenvalue weighted by Crippen LogP contribution is 2.27. The first kappa shape index (κ1) is 23.8. The number of benzene rings is 2. The molecule has 0 spiro atoms. The number of rotatable bonds is 5. The highest BCUT2D eigenvalue weighted by atomic mass is 32.2. The molecular formula is C22H28O8S. The van der Waals surface area contributed by atoms with Crippen LogP contribution in [0.3, 0.4) is 0 Å². The van der Waals surface area contributed by atoms with Crippen LogP contribution in [0.2, 0.25) is 0 Å². The summed E-state index contributed by atoms with van der Waals surface area (Å²) < 4.78 is 53.7. The van der Waals surface area contributed by atoms with Crippen LogP contribution in [0.25, 0.3) is 0 Å². The van der Waals surface area contributed by atoms with Crippen molar-refractivity contribution in [2.75, 3.05) is 20.3 Å². The summed E-state index contributed by atoms with van der Waals surface area (Å²) in [6.07, 6.45) is -5.53. The second kappa shape index (κ2) is 10.6. The molecule has 170 valence electrons. The number of aliphatic hydroxyl groups excluding tert-OH is 1. The molecule has 1 heterocycles. The van der Waals surface area contributed by atoms with Crippen LogP contribution in [0.15, 0.2) is 59.5 Å². The smallest absolute Gasteiger partial charge is 0.297 e. The summed E-state index contributed by atoms with van der Waals surface area (Å²) in [5, 5.41) is 10.9. The van der Waals surface area contributed by atoms with Crippen molar-refractivity contribution in [3.63, 3.8) is 0 Å². The van der Waals surface area contributed by atoms with Crippen molar-refractivity contribution in [2.24, 2.45) is 0 Å². The number of methoxy groups -OCH3 is 1. The van der Waals surface area contributed by atoms with Crippen molar-refractivity contribution in [3.8, 4) is 0 Å². The van der Waals surface area contributed by atoms with Gasteiger partial charge in [0.05, 0.1) is 24.2 Å². The number of hydrogen-bond acceptors (Lipinski definition) is 8. The molecule has 1 saturated heterocycles. The lowest BCUT2D eigenvalue weighted by Gasteiger charge is -2.35. The molecule has 1 fully saturated rings. The van der Waals surface area contributed by atoms with Crippen LogP contribution in [-0.2, 0) is 33.2 Å². The minimum absolute atomic E-state index is 0.0312. The van der Waals surface area contributed by atoms with Crippen molar-refractivity contribution in [2.45, 2.75) is 49.6 Å². The molecule has 1 aliphatic heterocycles. The molecule has 1 N–H and O–H groups in total. The Morgan fingerprint density at radius 2 is 1.65 bits per heavy atom. The molecule has 2 aromatic rings. The van der Waals surface area contributed by atoms with Gasteiger partial charge >= 0.3 is 0 Å². The molecule has 1 aliphatic rings. The van der Waals surface area contributed by atoms with E-state index < -0.39 is 41.0 Å². The minimum atomic E-state index is -4.20. The first-order chi connectivity index (χ1) is 14.8. The predicted octanol–water partition coefficient (Wildman–Crippen LogP) is 2.55. The normalized spacial score (nSPS) is 28.2. The molecule has 0 aliphatic carbocycles. The van der Waals surface area contributed by atoms with Crippen LogP contribution in [0.5, 0.6) is 0 Å². The van der Waals surface area contributed by atoms with Crippen molar-refractivity contribution in [1.82, 2.24) is 0 Å². The van der Waals surface area contributed by atoms with Gasteiger partial charge in [0.1, 0.15) is 6.10 Å². The van der Waals surface area contributed by atoms with Crippen LogP contribution < -0.4 is 0 Å².